The summed E-state index contributed by atoms with van der Waals surface area (Å²) in [4.78, 5) is 8.70. The van der Waals surface area contributed by atoms with Crippen LogP contribution < -0.4 is 5.73 Å². The fourth-order valence-electron chi connectivity index (χ4n) is 2.63. The molecule has 108 valence electrons. The molecule has 21 heavy (non-hydrogen) atoms. The zero-order valence-corrected chi connectivity index (χ0v) is 12.6. The second-order valence-electron chi connectivity index (χ2n) is 4.97. The molecule has 0 spiro atoms. The number of pyridine rings is 1. The third-order valence-electron chi connectivity index (χ3n) is 3.66. The molecule has 0 aliphatic rings. The summed E-state index contributed by atoms with van der Waals surface area (Å²) < 4.78 is 2.20. The van der Waals surface area contributed by atoms with E-state index in [1.54, 1.807) is 12.4 Å². The number of rotatable bonds is 4. The van der Waals surface area contributed by atoms with Crippen LogP contribution in [0, 0.1) is 0 Å². The van der Waals surface area contributed by atoms with Crippen LogP contribution in [0.5, 0.6) is 0 Å². The van der Waals surface area contributed by atoms with E-state index in [4.69, 9.17) is 22.3 Å². The van der Waals surface area contributed by atoms with Crippen LogP contribution in [-0.2, 0) is 13.0 Å². The Morgan fingerprint density at radius 2 is 2.10 bits per heavy atom. The molecule has 3 rings (SSSR count). The molecule has 0 fully saturated rings. The second-order valence-corrected chi connectivity index (χ2v) is 5.38. The van der Waals surface area contributed by atoms with E-state index in [0.717, 1.165) is 29.0 Å². The summed E-state index contributed by atoms with van der Waals surface area (Å²) in [5.74, 6) is 0.985. The molecule has 4 nitrogen and oxygen atoms in total. The summed E-state index contributed by atoms with van der Waals surface area (Å²) in [7, 11) is 0. The molecular formula is C16H17ClN4. The highest BCUT2D eigenvalue weighted by Crippen LogP contribution is 2.24. The van der Waals surface area contributed by atoms with Gasteiger partial charge in [0.15, 0.2) is 0 Å². The molecule has 0 saturated heterocycles. The average Bonchev–Trinajstić information content (AvgIpc) is 2.84. The topological polar surface area (TPSA) is 56.7 Å². The van der Waals surface area contributed by atoms with Gasteiger partial charge in [0.25, 0.3) is 0 Å². The zero-order chi connectivity index (χ0) is 14.8. The predicted octanol–water partition coefficient (Wildman–Crippen LogP) is 3.35. The van der Waals surface area contributed by atoms with Crippen LogP contribution in [0.1, 0.15) is 24.4 Å². The number of benzene rings is 1. The summed E-state index contributed by atoms with van der Waals surface area (Å²) in [6, 6.07) is 9.81. The van der Waals surface area contributed by atoms with Crippen molar-refractivity contribution in [3.8, 4) is 0 Å². The molecule has 0 saturated carbocycles. The van der Waals surface area contributed by atoms with Crippen LogP contribution in [0.4, 0.5) is 0 Å². The molecule has 2 heterocycles. The highest BCUT2D eigenvalue weighted by molar-refractivity contribution is 6.31. The summed E-state index contributed by atoms with van der Waals surface area (Å²) >= 11 is 6.17. The van der Waals surface area contributed by atoms with Crippen molar-refractivity contribution in [1.29, 1.82) is 0 Å². The minimum atomic E-state index is -0.192. The van der Waals surface area contributed by atoms with Gasteiger partial charge in [-0.1, -0.05) is 23.7 Å². The lowest BCUT2D eigenvalue weighted by atomic mass is 10.1. The Bertz CT molecular complexity index is 766. The number of para-hydroxylation sites is 2. The number of hydrogen-bond donors (Lipinski definition) is 1. The van der Waals surface area contributed by atoms with Crippen LogP contribution in [0.3, 0.4) is 0 Å². The number of aryl methyl sites for hydroxylation is 1. The van der Waals surface area contributed by atoms with E-state index in [1.165, 1.54) is 0 Å². The van der Waals surface area contributed by atoms with Gasteiger partial charge in [-0.25, -0.2) is 4.98 Å². The molecular weight excluding hydrogens is 284 g/mol. The molecule has 1 atom stereocenters. The monoisotopic (exact) mass is 300 g/mol. The number of nitrogens with zero attached hydrogens (tertiary/aromatic N) is 3. The summed E-state index contributed by atoms with van der Waals surface area (Å²) in [5, 5.41) is 0.601. The van der Waals surface area contributed by atoms with E-state index in [0.29, 0.717) is 11.4 Å². The Kier molecular flexibility index (Phi) is 3.90. The number of fused-ring (bicyclic) bond motifs is 1. The Morgan fingerprint density at radius 1 is 1.29 bits per heavy atom. The molecule has 2 aromatic heterocycles. The lowest BCUT2D eigenvalue weighted by molar-refractivity contribution is 0.637. The lowest BCUT2D eigenvalue weighted by Gasteiger charge is -2.14. The number of hydrogen-bond acceptors (Lipinski definition) is 3. The summed E-state index contributed by atoms with van der Waals surface area (Å²) in [6.45, 7) is 2.98. The first kappa shape index (κ1) is 14.0. The Hall–Kier alpha value is -1.91. The molecule has 1 unspecified atom stereocenters. The van der Waals surface area contributed by atoms with E-state index >= 15 is 0 Å². The molecule has 2 N–H and O–H groups in total. The summed E-state index contributed by atoms with van der Waals surface area (Å²) in [5.41, 5.74) is 9.36. The van der Waals surface area contributed by atoms with Gasteiger partial charge in [0.2, 0.25) is 0 Å². The smallest absolute Gasteiger partial charge is 0.111 e. The van der Waals surface area contributed by atoms with E-state index in [9.17, 15) is 0 Å². The number of imidazole rings is 1. The maximum atomic E-state index is 6.31. The maximum Gasteiger partial charge on any atom is 0.111 e. The van der Waals surface area contributed by atoms with Crippen LogP contribution in [0.25, 0.3) is 11.0 Å². The normalized spacial score (nSPS) is 12.7. The third kappa shape index (κ3) is 2.64. The Balaban J connectivity index is 1.96. The van der Waals surface area contributed by atoms with Crippen molar-refractivity contribution < 1.29 is 0 Å². The minimum absolute atomic E-state index is 0.192. The number of nitrogens with two attached hydrogens (primary N) is 1. The van der Waals surface area contributed by atoms with Crippen molar-refractivity contribution in [1.82, 2.24) is 14.5 Å². The van der Waals surface area contributed by atoms with E-state index in [2.05, 4.69) is 22.5 Å². The van der Waals surface area contributed by atoms with E-state index in [-0.39, 0.29) is 6.04 Å². The largest absolute Gasteiger partial charge is 0.328 e. The first-order valence-electron chi connectivity index (χ1n) is 6.99. The van der Waals surface area contributed by atoms with Crippen molar-refractivity contribution in [2.75, 3.05) is 0 Å². The van der Waals surface area contributed by atoms with E-state index in [1.807, 2.05) is 24.3 Å². The van der Waals surface area contributed by atoms with Crippen molar-refractivity contribution in [3.63, 3.8) is 0 Å². The van der Waals surface area contributed by atoms with Gasteiger partial charge in [-0.15, -0.1) is 0 Å². The third-order valence-corrected chi connectivity index (χ3v) is 3.97. The first-order valence-corrected chi connectivity index (χ1v) is 7.37. The molecule has 0 aliphatic carbocycles. The van der Waals surface area contributed by atoms with Gasteiger partial charge >= 0.3 is 0 Å². The van der Waals surface area contributed by atoms with Crippen LogP contribution >= 0.6 is 11.6 Å². The van der Waals surface area contributed by atoms with Crippen molar-refractivity contribution in [3.05, 3.63) is 59.1 Å². The minimum Gasteiger partial charge on any atom is -0.328 e. The Labute approximate surface area is 128 Å². The van der Waals surface area contributed by atoms with Gasteiger partial charge in [0.1, 0.15) is 5.82 Å². The van der Waals surface area contributed by atoms with Gasteiger partial charge in [-0.2, -0.15) is 0 Å². The predicted molar refractivity (Wildman–Crippen MR) is 85.3 cm³/mol. The highest BCUT2D eigenvalue weighted by atomic mass is 35.5. The molecule has 1 aromatic carbocycles. The fraction of sp³-hybridized carbons (Fsp3) is 0.250. The van der Waals surface area contributed by atoms with Crippen molar-refractivity contribution >= 4 is 22.6 Å². The number of aromatic nitrogens is 3. The van der Waals surface area contributed by atoms with Crippen molar-refractivity contribution in [2.24, 2.45) is 5.73 Å². The highest BCUT2D eigenvalue weighted by Gasteiger charge is 2.16. The van der Waals surface area contributed by atoms with Crippen LogP contribution in [-0.4, -0.2) is 14.5 Å². The summed E-state index contributed by atoms with van der Waals surface area (Å²) in [6.07, 6.45) is 3.98. The van der Waals surface area contributed by atoms with Crippen LogP contribution in [0.15, 0.2) is 42.7 Å². The van der Waals surface area contributed by atoms with Gasteiger partial charge in [0, 0.05) is 31.4 Å². The molecule has 5 heteroatoms. The average molecular weight is 301 g/mol. The first-order chi connectivity index (χ1) is 10.2. The molecule has 0 amide bonds. The molecule has 0 radical (unpaired) electrons. The molecule has 3 aromatic rings. The van der Waals surface area contributed by atoms with Crippen molar-refractivity contribution in [2.45, 2.75) is 25.9 Å². The lowest BCUT2D eigenvalue weighted by Crippen LogP contribution is -2.17. The quantitative estimate of drug-likeness (QED) is 0.804. The zero-order valence-electron chi connectivity index (χ0n) is 11.8. The molecule has 0 bridgehead atoms. The Morgan fingerprint density at radius 3 is 2.86 bits per heavy atom. The second kappa shape index (κ2) is 5.84. The van der Waals surface area contributed by atoms with E-state index < -0.39 is 0 Å². The van der Waals surface area contributed by atoms with Gasteiger partial charge in [0.05, 0.1) is 16.1 Å². The van der Waals surface area contributed by atoms with Crippen LogP contribution in [0.2, 0.25) is 5.02 Å². The van der Waals surface area contributed by atoms with Gasteiger partial charge < -0.3 is 10.3 Å². The fourth-order valence-corrected chi connectivity index (χ4v) is 2.89. The van der Waals surface area contributed by atoms with Gasteiger partial charge in [-0.05, 0) is 30.7 Å². The van der Waals surface area contributed by atoms with Gasteiger partial charge in [-0.3, -0.25) is 4.98 Å². The SMILES string of the molecule is CCn1c(CC(N)c2ccncc2Cl)nc2ccccc21. The molecule has 0 aliphatic heterocycles. The number of halogens is 1. The standard InChI is InChI=1S/C16H17ClN4/c1-2-21-15-6-4-3-5-14(15)20-16(21)9-13(18)11-7-8-19-10-12(11)17/h3-8,10,13H,2,9,18H2,1H3. The maximum absolute atomic E-state index is 6.31.